The first-order chi connectivity index (χ1) is 10.5. The highest BCUT2D eigenvalue weighted by Crippen LogP contribution is 2.32. The lowest BCUT2D eigenvalue weighted by Crippen LogP contribution is -2.03. The van der Waals surface area contributed by atoms with Crippen molar-refractivity contribution < 1.29 is 4.92 Å². The summed E-state index contributed by atoms with van der Waals surface area (Å²) in [6, 6.07) is 12.0. The zero-order valence-corrected chi connectivity index (χ0v) is 12.8. The highest BCUT2D eigenvalue weighted by atomic mass is 16.6. The number of benzene rings is 1. The van der Waals surface area contributed by atoms with Gasteiger partial charge in [0.25, 0.3) is 5.69 Å². The minimum Gasteiger partial charge on any atom is -0.323 e. The van der Waals surface area contributed by atoms with Crippen molar-refractivity contribution in [2.24, 2.45) is 0 Å². The molecule has 3 aromatic rings. The van der Waals surface area contributed by atoms with Gasteiger partial charge in [0.2, 0.25) is 0 Å². The first-order valence-electron chi connectivity index (χ1n) is 7.20. The van der Waals surface area contributed by atoms with E-state index in [0.29, 0.717) is 0 Å². The summed E-state index contributed by atoms with van der Waals surface area (Å²) in [5.41, 5.74) is 4.10. The van der Waals surface area contributed by atoms with Crippen LogP contribution in [0.5, 0.6) is 0 Å². The predicted molar refractivity (Wildman–Crippen MR) is 86.9 cm³/mol. The Bertz CT molecular complexity index is 848. The molecule has 5 heteroatoms. The third kappa shape index (κ3) is 2.35. The monoisotopic (exact) mass is 295 g/mol. The Morgan fingerprint density at radius 1 is 1.18 bits per heavy atom. The van der Waals surface area contributed by atoms with Gasteiger partial charge in [0, 0.05) is 17.5 Å². The van der Waals surface area contributed by atoms with E-state index in [-0.39, 0.29) is 11.7 Å². The smallest absolute Gasteiger partial charge is 0.288 e. The van der Waals surface area contributed by atoms with E-state index in [1.807, 2.05) is 13.0 Å². The molecular formula is C17H17N3O2. The number of pyridine rings is 1. The number of hydrogen-bond acceptors (Lipinski definition) is 3. The number of aromatic nitrogens is 2. The molecule has 2 heterocycles. The molecule has 1 aromatic carbocycles. The van der Waals surface area contributed by atoms with Crippen molar-refractivity contribution >= 4 is 16.7 Å². The molecule has 3 rings (SSSR count). The summed E-state index contributed by atoms with van der Waals surface area (Å²) < 4.78 is 2.11. The summed E-state index contributed by atoms with van der Waals surface area (Å²) in [5.74, 6) is 0. The van der Waals surface area contributed by atoms with E-state index in [2.05, 4.69) is 47.7 Å². The van der Waals surface area contributed by atoms with Crippen LogP contribution >= 0.6 is 0 Å². The van der Waals surface area contributed by atoms with E-state index in [1.165, 1.54) is 11.8 Å². The molecule has 0 saturated heterocycles. The molecule has 0 radical (unpaired) electrons. The van der Waals surface area contributed by atoms with Crippen molar-refractivity contribution in [2.75, 3.05) is 0 Å². The van der Waals surface area contributed by atoms with Gasteiger partial charge in [-0.1, -0.05) is 29.8 Å². The number of hydrogen-bond donors (Lipinski definition) is 0. The van der Waals surface area contributed by atoms with Crippen LogP contribution < -0.4 is 0 Å². The molecule has 0 aliphatic rings. The zero-order valence-electron chi connectivity index (χ0n) is 12.8. The fraction of sp³-hybridized carbons (Fsp3) is 0.235. The van der Waals surface area contributed by atoms with Crippen molar-refractivity contribution in [2.45, 2.75) is 26.8 Å². The number of rotatable bonds is 3. The Morgan fingerprint density at radius 3 is 2.45 bits per heavy atom. The maximum atomic E-state index is 10.9. The highest BCUT2D eigenvalue weighted by Gasteiger charge is 2.17. The van der Waals surface area contributed by atoms with Gasteiger partial charge in [-0.2, -0.15) is 0 Å². The molecule has 2 aromatic heterocycles. The predicted octanol–water partition coefficient (Wildman–Crippen LogP) is 4.50. The van der Waals surface area contributed by atoms with E-state index in [9.17, 15) is 10.1 Å². The van der Waals surface area contributed by atoms with Gasteiger partial charge in [0.05, 0.1) is 10.6 Å². The average molecular weight is 295 g/mol. The van der Waals surface area contributed by atoms with Crippen molar-refractivity contribution in [1.82, 2.24) is 9.55 Å². The maximum absolute atomic E-state index is 10.9. The lowest BCUT2D eigenvalue weighted by Gasteiger charge is -2.14. The molecule has 0 aliphatic heterocycles. The van der Waals surface area contributed by atoms with Crippen molar-refractivity contribution in [3.63, 3.8) is 0 Å². The molecule has 112 valence electrons. The van der Waals surface area contributed by atoms with Gasteiger partial charge < -0.3 is 4.57 Å². The minimum atomic E-state index is -0.412. The second-order valence-corrected chi connectivity index (χ2v) is 5.72. The molecule has 0 spiro atoms. The van der Waals surface area contributed by atoms with E-state index in [4.69, 9.17) is 0 Å². The summed E-state index contributed by atoms with van der Waals surface area (Å²) in [4.78, 5) is 14.8. The zero-order chi connectivity index (χ0) is 15.9. The Labute approximate surface area is 128 Å². The molecule has 5 nitrogen and oxygen atoms in total. The standard InChI is InChI=1S/C17H17N3O2/c1-11(2)19-16(13-6-4-12(3)5-7-13)9-14-8-15(20(21)22)10-18-17(14)19/h4-11H,1-3H3. The number of fused-ring (bicyclic) bond motifs is 1. The third-order valence-corrected chi connectivity index (χ3v) is 3.74. The maximum Gasteiger partial charge on any atom is 0.288 e. The second kappa shape index (κ2) is 5.26. The Morgan fingerprint density at radius 2 is 1.86 bits per heavy atom. The van der Waals surface area contributed by atoms with Crippen LogP contribution in [0.2, 0.25) is 0 Å². The van der Waals surface area contributed by atoms with E-state index in [0.717, 1.165) is 22.3 Å². The summed E-state index contributed by atoms with van der Waals surface area (Å²) in [6.45, 7) is 6.22. The molecule has 0 aliphatic carbocycles. The third-order valence-electron chi connectivity index (χ3n) is 3.74. The first kappa shape index (κ1) is 14.3. The molecule has 0 atom stereocenters. The molecular weight excluding hydrogens is 278 g/mol. The van der Waals surface area contributed by atoms with Gasteiger partial charge in [-0.05, 0) is 32.4 Å². The quantitative estimate of drug-likeness (QED) is 0.528. The number of nitro groups is 1. The molecule has 22 heavy (non-hydrogen) atoms. The van der Waals surface area contributed by atoms with Gasteiger partial charge in [-0.15, -0.1) is 0 Å². The van der Waals surface area contributed by atoms with Gasteiger partial charge in [0.15, 0.2) is 0 Å². The lowest BCUT2D eigenvalue weighted by atomic mass is 10.1. The molecule has 0 N–H and O–H groups in total. The highest BCUT2D eigenvalue weighted by molar-refractivity contribution is 5.85. The molecule has 0 bridgehead atoms. The fourth-order valence-electron chi connectivity index (χ4n) is 2.67. The Kier molecular flexibility index (Phi) is 3.41. The average Bonchev–Trinajstić information content (AvgIpc) is 2.86. The summed E-state index contributed by atoms with van der Waals surface area (Å²) in [6.07, 6.45) is 1.32. The summed E-state index contributed by atoms with van der Waals surface area (Å²) in [7, 11) is 0. The second-order valence-electron chi connectivity index (χ2n) is 5.72. The van der Waals surface area contributed by atoms with Crippen LogP contribution in [0.3, 0.4) is 0 Å². The lowest BCUT2D eigenvalue weighted by molar-refractivity contribution is -0.385. The first-order valence-corrected chi connectivity index (χ1v) is 7.20. The van der Waals surface area contributed by atoms with E-state index >= 15 is 0 Å². The largest absolute Gasteiger partial charge is 0.323 e. The van der Waals surface area contributed by atoms with Crippen LogP contribution in [-0.2, 0) is 0 Å². The van der Waals surface area contributed by atoms with Gasteiger partial charge in [-0.25, -0.2) is 4.98 Å². The summed E-state index contributed by atoms with van der Waals surface area (Å²) >= 11 is 0. The van der Waals surface area contributed by atoms with E-state index < -0.39 is 4.92 Å². The van der Waals surface area contributed by atoms with Gasteiger partial charge in [-0.3, -0.25) is 10.1 Å². The van der Waals surface area contributed by atoms with Gasteiger partial charge >= 0.3 is 0 Å². The van der Waals surface area contributed by atoms with Crippen LogP contribution in [0.4, 0.5) is 5.69 Å². The normalized spacial score (nSPS) is 11.3. The van der Waals surface area contributed by atoms with Crippen LogP contribution in [0, 0.1) is 17.0 Å². The van der Waals surface area contributed by atoms with Crippen LogP contribution in [0.15, 0.2) is 42.6 Å². The summed E-state index contributed by atoms with van der Waals surface area (Å²) in [5, 5.41) is 11.7. The Hall–Kier alpha value is -2.69. The van der Waals surface area contributed by atoms with Crippen molar-refractivity contribution in [1.29, 1.82) is 0 Å². The minimum absolute atomic E-state index is 0.0175. The van der Waals surface area contributed by atoms with E-state index in [1.54, 1.807) is 6.07 Å². The van der Waals surface area contributed by atoms with Crippen LogP contribution in [-0.4, -0.2) is 14.5 Å². The molecule has 0 fully saturated rings. The topological polar surface area (TPSA) is 61.0 Å². The Balaban J connectivity index is 2.26. The van der Waals surface area contributed by atoms with Crippen LogP contribution in [0.1, 0.15) is 25.5 Å². The number of nitrogens with zero attached hydrogens (tertiary/aromatic N) is 3. The SMILES string of the molecule is Cc1ccc(-c2cc3cc([N+](=O)[O-])cnc3n2C(C)C)cc1. The fourth-order valence-corrected chi connectivity index (χ4v) is 2.67. The molecule has 0 amide bonds. The van der Waals surface area contributed by atoms with Crippen molar-refractivity contribution in [3.05, 3.63) is 58.3 Å². The van der Waals surface area contributed by atoms with Gasteiger partial charge in [0.1, 0.15) is 11.8 Å². The number of aryl methyl sites for hydroxylation is 1. The van der Waals surface area contributed by atoms with Crippen LogP contribution in [0.25, 0.3) is 22.3 Å². The molecule has 0 unspecified atom stereocenters. The molecule has 0 saturated carbocycles. The van der Waals surface area contributed by atoms with Crippen molar-refractivity contribution in [3.8, 4) is 11.3 Å².